The fraction of sp³-hybridized carbons (Fsp3) is 0.353. The molecule has 1 atom stereocenters. The maximum atomic E-state index is 12.2. The van der Waals surface area contributed by atoms with Crippen LogP contribution in [0.5, 0.6) is 0 Å². The Hall–Kier alpha value is -2.20. The fourth-order valence-corrected chi connectivity index (χ4v) is 2.39. The zero-order chi connectivity index (χ0) is 17.7. The quantitative estimate of drug-likeness (QED) is 0.863. The van der Waals surface area contributed by atoms with E-state index in [2.05, 4.69) is 5.10 Å². The molecule has 6 nitrogen and oxygen atoms in total. The number of nitrogens with zero attached hydrogens (tertiary/aromatic N) is 3. The highest BCUT2D eigenvalue weighted by molar-refractivity contribution is 6.31. The molecule has 2 aromatic rings. The monoisotopic (exact) mass is 347 g/mol. The van der Waals surface area contributed by atoms with Gasteiger partial charge in [0.05, 0.1) is 31.6 Å². The normalized spacial score (nSPS) is 12.0. The van der Waals surface area contributed by atoms with Crippen LogP contribution in [0.1, 0.15) is 22.4 Å². The molecule has 1 N–H and O–H groups in total. The predicted molar refractivity (Wildman–Crippen MR) is 89.8 cm³/mol. The zero-order valence-corrected chi connectivity index (χ0v) is 14.2. The Morgan fingerprint density at radius 1 is 1.42 bits per heavy atom. The van der Waals surface area contributed by atoms with Crippen LogP contribution in [0.25, 0.3) is 0 Å². The summed E-state index contributed by atoms with van der Waals surface area (Å²) in [6, 6.07) is 9.16. The summed E-state index contributed by atoms with van der Waals surface area (Å²) in [4.78, 5) is 12.2. The van der Waals surface area contributed by atoms with E-state index in [4.69, 9.17) is 21.6 Å². The lowest BCUT2D eigenvalue weighted by molar-refractivity contribution is 0.0179. The number of rotatable bonds is 6. The number of ether oxygens (including phenoxy) is 1. The van der Waals surface area contributed by atoms with Gasteiger partial charge in [-0.05, 0) is 31.0 Å². The third-order valence-electron chi connectivity index (χ3n) is 3.66. The van der Waals surface area contributed by atoms with Gasteiger partial charge in [-0.3, -0.25) is 4.79 Å². The van der Waals surface area contributed by atoms with Gasteiger partial charge in [-0.15, -0.1) is 0 Å². The van der Waals surface area contributed by atoms with E-state index in [1.807, 2.05) is 24.3 Å². The van der Waals surface area contributed by atoms with E-state index in [9.17, 15) is 9.90 Å². The third-order valence-corrected chi connectivity index (χ3v) is 4.03. The molecule has 0 aliphatic heterocycles. The SMILES string of the molecule is Cc1nn(C[C@H](O)COCc2ccccc2Cl)c(=O)c(C#N)c1C. The molecule has 0 radical (unpaired) electrons. The zero-order valence-electron chi connectivity index (χ0n) is 13.5. The first kappa shape index (κ1) is 18.1. The molecule has 0 amide bonds. The van der Waals surface area contributed by atoms with Gasteiger partial charge in [0.25, 0.3) is 5.56 Å². The highest BCUT2D eigenvalue weighted by Gasteiger charge is 2.14. The summed E-state index contributed by atoms with van der Waals surface area (Å²) in [6.45, 7) is 3.63. The van der Waals surface area contributed by atoms with Crippen LogP contribution in [0.4, 0.5) is 0 Å². The molecule has 1 aromatic carbocycles. The van der Waals surface area contributed by atoms with Crippen molar-refractivity contribution >= 4 is 11.6 Å². The molecule has 0 aliphatic carbocycles. The molecule has 126 valence electrons. The van der Waals surface area contributed by atoms with Crippen LogP contribution in [-0.2, 0) is 17.9 Å². The summed E-state index contributed by atoms with van der Waals surface area (Å²) in [6.07, 6.45) is -0.925. The smallest absolute Gasteiger partial charge is 0.285 e. The van der Waals surface area contributed by atoms with E-state index in [0.29, 0.717) is 16.3 Å². The minimum absolute atomic E-state index is 0.0220. The van der Waals surface area contributed by atoms with Gasteiger partial charge in [0, 0.05) is 5.02 Å². The van der Waals surface area contributed by atoms with Crippen LogP contribution in [0, 0.1) is 25.2 Å². The van der Waals surface area contributed by atoms with Crippen LogP contribution in [0.3, 0.4) is 0 Å². The van der Waals surface area contributed by atoms with E-state index in [0.717, 1.165) is 10.2 Å². The summed E-state index contributed by atoms with van der Waals surface area (Å²) in [5, 5.41) is 23.9. The minimum Gasteiger partial charge on any atom is -0.389 e. The second-order valence-electron chi connectivity index (χ2n) is 5.44. The van der Waals surface area contributed by atoms with Crippen molar-refractivity contribution < 1.29 is 9.84 Å². The lowest BCUT2D eigenvalue weighted by atomic mass is 10.1. The van der Waals surface area contributed by atoms with Crippen molar-refractivity contribution in [1.82, 2.24) is 9.78 Å². The first-order valence-corrected chi connectivity index (χ1v) is 7.79. The fourth-order valence-electron chi connectivity index (χ4n) is 2.20. The summed E-state index contributed by atoms with van der Waals surface area (Å²) < 4.78 is 6.54. The lowest BCUT2D eigenvalue weighted by Crippen LogP contribution is -2.33. The van der Waals surface area contributed by atoms with Crippen LogP contribution < -0.4 is 5.56 Å². The van der Waals surface area contributed by atoms with Crippen LogP contribution in [-0.4, -0.2) is 27.6 Å². The van der Waals surface area contributed by atoms with Crippen molar-refractivity contribution in [3.63, 3.8) is 0 Å². The largest absolute Gasteiger partial charge is 0.389 e. The van der Waals surface area contributed by atoms with Crippen molar-refractivity contribution in [2.45, 2.75) is 33.1 Å². The molecule has 0 aliphatic rings. The van der Waals surface area contributed by atoms with E-state index in [1.54, 1.807) is 19.9 Å². The number of halogens is 1. The van der Waals surface area contributed by atoms with E-state index < -0.39 is 11.7 Å². The minimum atomic E-state index is -0.925. The van der Waals surface area contributed by atoms with Crippen molar-refractivity contribution in [3.8, 4) is 6.07 Å². The molecule has 7 heteroatoms. The predicted octanol–water partition coefficient (Wildman–Crippen LogP) is 1.96. The summed E-state index contributed by atoms with van der Waals surface area (Å²) in [7, 11) is 0. The van der Waals surface area contributed by atoms with Gasteiger partial charge in [-0.2, -0.15) is 10.4 Å². The average molecular weight is 348 g/mol. The van der Waals surface area contributed by atoms with E-state index in [-0.39, 0.29) is 25.3 Å². The maximum absolute atomic E-state index is 12.2. The van der Waals surface area contributed by atoms with E-state index >= 15 is 0 Å². The molecule has 0 fully saturated rings. The molecule has 24 heavy (non-hydrogen) atoms. The molecule has 1 heterocycles. The average Bonchev–Trinajstić information content (AvgIpc) is 2.55. The Morgan fingerprint density at radius 3 is 2.79 bits per heavy atom. The summed E-state index contributed by atoms with van der Waals surface area (Å²) in [5.41, 5.74) is 1.50. The Bertz CT molecular complexity index is 827. The molecular weight excluding hydrogens is 330 g/mol. The van der Waals surface area contributed by atoms with Gasteiger partial charge in [-0.25, -0.2) is 4.68 Å². The number of hydrogen-bond donors (Lipinski definition) is 1. The molecule has 2 rings (SSSR count). The first-order valence-electron chi connectivity index (χ1n) is 7.41. The number of nitriles is 1. The number of hydrogen-bond acceptors (Lipinski definition) is 5. The highest BCUT2D eigenvalue weighted by atomic mass is 35.5. The Balaban J connectivity index is 1.99. The summed E-state index contributed by atoms with van der Waals surface area (Å²) in [5.74, 6) is 0. The van der Waals surface area contributed by atoms with Crippen molar-refractivity contribution in [2.75, 3.05) is 6.61 Å². The van der Waals surface area contributed by atoms with Gasteiger partial charge >= 0.3 is 0 Å². The molecule has 0 saturated heterocycles. The first-order chi connectivity index (χ1) is 11.4. The Morgan fingerprint density at radius 2 is 2.12 bits per heavy atom. The standard InChI is InChI=1S/C17H18ClN3O3/c1-11-12(2)20-21(17(23)15(11)7-19)8-14(22)10-24-9-13-5-3-4-6-16(13)18/h3-6,14,22H,8-10H2,1-2H3/t14-/m0/s1. The van der Waals surface area contributed by atoms with Crippen LogP contribution in [0.2, 0.25) is 5.02 Å². The summed E-state index contributed by atoms with van der Waals surface area (Å²) >= 11 is 6.03. The second-order valence-corrected chi connectivity index (χ2v) is 5.85. The highest BCUT2D eigenvalue weighted by Crippen LogP contribution is 2.15. The Labute approximate surface area is 144 Å². The maximum Gasteiger partial charge on any atom is 0.285 e. The van der Waals surface area contributed by atoms with Gasteiger partial charge < -0.3 is 9.84 Å². The van der Waals surface area contributed by atoms with Gasteiger partial charge in [0.1, 0.15) is 11.6 Å². The Kier molecular flexibility index (Phi) is 6.10. The molecular formula is C17H18ClN3O3. The number of aliphatic hydroxyl groups is 1. The molecule has 1 aromatic heterocycles. The topological polar surface area (TPSA) is 88.1 Å². The third kappa shape index (κ3) is 4.20. The van der Waals surface area contributed by atoms with Crippen molar-refractivity contribution in [3.05, 3.63) is 62.0 Å². The number of benzene rings is 1. The van der Waals surface area contributed by atoms with Gasteiger partial charge in [-0.1, -0.05) is 29.8 Å². The lowest BCUT2D eigenvalue weighted by Gasteiger charge is -2.14. The van der Waals surface area contributed by atoms with Gasteiger partial charge in [0.15, 0.2) is 0 Å². The van der Waals surface area contributed by atoms with Gasteiger partial charge in [0.2, 0.25) is 0 Å². The van der Waals surface area contributed by atoms with Crippen LogP contribution in [0.15, 0.2) is 29.1 Å². The molecule has 0 unspecified atom stereocenters. The van der Waals surface area contributed by atoms with E-state index in [1.165, 1.54) is 0 Å². The molecule has 0 saturated carbocycles. The number of aryl methyl sites for hydroxylation is 1. The number of aliphatic hydroxyl groups excluding tert-OH is 1. The van der Waals surface area contributed by atoms with Crippen molar-refractivity contribution in [1.29, 1.82) is 5.26 Å². The molecule has 0 bridgehead atoms. The van der Waals surface area contributed by atoms with Crippen molar-refractivity contribution in [2.24, 2.45) is 0 Å². The molecule has 0 spiro atoms. The second kappa shape index (κ2) is 8.06. The van der Waals surface area contributed by atoms with Crippen LogP contribution >= 0.6 is 11.6 Å². The number of aromatic nitrogens is 2.